The third-order valence-corrected chi connectivity index (χ3v) is 3.69. The third-order valence-electron chi connectivity index (χ3n) is 3.69. The van der Waals surface area contributed by atoms with Crippen molar-refractivity contribution in [3.8, 4) is 0 Å². The quantitative estimate of drug-likeness (QED) is 0.853. The average Bonchev–Trinajstić information content (AvgIpc) is 2.76. The molecule has 1 heterocycles. The molecule has 3 heteroatoms. The highest BCUT2D eigenvalue weighted by Crippen LogP contribution is 2.43. The van der Waals surface area contributed by atoms with E-state index in [9.17, 15) is 0 Å². The van der Waals surface area contributed by atoms with Gasteiger partial charge in [0.05, 0.1) is 0 Å². The second-order valence-corrected chi connectivity index (χ2v) is 5.74. The van der Waals surface area contributed by atoms with Gasteiger partial charge in [0.15, 0.2) is 5.82 Å². The third kappa shape index (κ3) is 1.95. The maximum absolute atomic E-state index is 5.91. The van der Waals surface area contributed by atoms with Crippen LogP contribution < -0.4 is 5.73 Å². The van der Waals surface area contributed by atoms with Crippen LogP contribution in [0.1, 0.15) is 57.8 Å². The molecule has 0 bridgehead atoms. The lowest BCUT2D eigenvalue weighted by atomic mass is 9.82. The Hall–Kier alpha value is -0.990. The van der Waals surface area contributed by atoms with Crippen LogP contribution in [-0.4, -0.2) is 5.16 Å². The number of nitrogens with two attached hydrogens (primary N) is 1. The molecule has 0 spiro atoms. The zero-order valence-corrected chi connectivity index (χ0v) is 10.5. The molecule has 0 amide bonds. The van der Waals surface area contributed by atoms with Crippen LogP contribution in [0.3, 0.4) is 0 Å². The van der Waals surface area contributed by atoms with E-state index in [0.29, 0.717) is 11.7 Å². The summed E-state index contributed by atoms with van der Waals surface area (Å²) in [6, 6.07) is 0. The number of hydrogen-bond acceptors (Lipinski definition) is 3. The van der Waals surface area contributed by atoms with Crippen molar-refractivity contribution < 1.29 is 4.52 Å². The summed E-state index contributed by atoms with van der Waals surface area (Å²) in [7, 11) is 0. The SMILES string of the molecule is CC(C)Cc1c(N)noc1C1(C)CCCC1. The highest BCUT2D eigenvalue weighted by atomic mass is 16.5. The predicted molar refractivity (Wildman–Crippen MR) is 65.3 cm³/mol. The fourth-order valence-corrected chi connectivity index (χ4v) is 2.78. The zero-order chi connectivity index (χ0) is 11.8. The van der Waals surface area contributed by atoms with Crippen LogP contribution in [0, 0.1) is 5.92 Å². The second-order valence-electron chi connectivity index (χ2n) is 5.74. The lowest BCUT2D eigenvalue weighted by molar-refractivity contribution is 0.303. The Balaban J connectivity index is 2.33. The molecule has 0 unspecified atom stereocenters. The first-order chi connectivity index (χ1) is 7.53. The molecule has 0 aromatic carbocycles. The molecule has 90 valence electrons. The van der Waals surface area contributed by atoms with E-state index < -0.39 is 0 Å². The molecule has 1 saturated carbocycles. The Morgan fingerprint density at radius 3 is 2.56 bits per heavy atom. The molecule has 16 heavy (non-hydrogen) atoms. The van der Waals surface area contributed by atoms with Crippen molar-refractivity contribution in [2.45, 2.75) is 58.3 Å². The van der Waals surface area contributed by atoms with Crippen molar-refractivity contribution in [3.05, 3.63) is 11.3 Å². The van der Waals surface area contributed by atoms with Gasteiger partial charge in [0.2, 0.25) is 0 Å². The summed E-state index contributed by atoms with van der Waals surface area (Å²) in [6.07, 6.45) is 5.95. The van der Waals surface area contributed by atoms with Gasteiger partial charge in [-0.2, -0.15) is 0 Å². The number of nitrogens with zero attached hydrogens (tertiary/aromatic N) is 1. The van der Waals surface area contributed by atoms with E-state index in [-0.39, 0.29) is 5.41 Å². The van der Waals surface area contributed by atoms with E-state index in [4.69, 9.17) is 10.3 Å². The summed E-state index contributed by atoms with van der Waals surface area (Å²) in [6.45, 7) is 6.68. The van der Waals surface area contributed by atoms with Crippen molar-refractivity contribution in [3.63, 3.8) is 0 Å². The molecule has 0 aliphatic heterocycles. The van der Waals surface area contributed by atoms with Crippen LogP contribution in [0.5, 0.6) is 0 Å². The van der Waals surface area contributed by atoms with E-state index >= 15 is 0 Å². The number of rotatable bonds is 3. The fourth-order valence-electron chi connectivity index (χ4n) is 2.78. The van der Waals surface area contributed by atoms with Crippen molar-refractivity contribution in [2.24, 2.45) is 5.92 Å². The number of anilines is 1. The van der Waals surface area contributed by atoms with Crippen LogP contribution in [0.15, 0.2) is 4.52 Å². The number of hydrogen-bond donors (Lipinski definition) is 1. The van der Waals surface area contributed by atoms with Gasteiger partial charge in [0.1, 0.15) is 5.76 Å². The minimum atomic E-state index is 0.175. The van der Waals surface area contributed by atoms with E-state index in [2.05, 4.69) is 25.9 Å². The Morgan fingerprint density at radius 2 is 2.00 bits per heavy atom. The highest BCUT2D eigenvalue weighted by molar-refractivity contribution is 5.43. The topological polar surface area (TPSA) is 52.0 Å². The van der Waals surface area contributed by atoms with Crippen LogP contribution >= 0.6 is 0 Å². The van der Waals surface area contributed by atoms with Gasteiger partial charge in [-0.3, -0.25) is 0 Å². The lowest BCUT2D eigenvalue weighted by Gasteiger charge is -2.21. The zero-order valence-electron chi connectivity index (χ0n) is 10.5. The molecular weight excluding hydrogens is 200 g/mol. The Bertz CT molecular complexity index is 362. The summed E-state index contributed by atoms with van der Waals surface area (Å²) in [5.74, 6) is 2.23. The molecular formula is C13H22N2O. The molecule has 2 rings (SSSR count). The first-order valence-corrected chi connectivity index (χ1v) is 6.27. The van der Waals surface area contributed by atoms with E-state index in [0.717, 1.165) is 17.7 Å². The standard InChI is InChI=1S/C13H22N2O/c1-9(2)8-10-11(16-15-12(10)14)13(3)6-4-5-7-13/h9H,4-8H2,1-3H3,(H2,14,15). The smallest absolute Gasteiger partial charge is 0.170 e. The van der Waals surface area contributed by atoms with Crippen LogP contribution in [0.25, 0.3) is 0 Å². The molecule has 0 radical (unpaired) electrons. The minimum Gasteiger partial charge on any atom is -0.381 e. The Labute approximate surface area is 97.4 Å². The minimum absolute atomic E-state index is 0.175. The maximum Gasteiger partial charge on any atom is 0.170 e. The van der Waals surface area contributed by atoms with Crippen LogP contribution in [0.2, 0.25) is 0 Å². The molecule has 1 fully saturated rings. The van der Waals surface area contributed by atoms with Gasteiger partial charge in [-0.05, 0) is 25.2 Å². The van der Waals surface area contributed by atoms with Gasteiger partial charge >= 0.3 is 0 Å². The van der Waals surface area contributed by atoms with Crippen LogP contribution in [-0.2, 0) is 11.8 Å². The first kappa shape index (κ1) is 11.5. The normalized spacial score (nSPS) is 19.5. The fraction of sp³-hybridized carbons (Fsp3) is 0.769. The highest BCUT2D eigenvalue weighted by Gasteiger charge is 2.37. The molecule has 0 atom stereocenters. The summed E-state index contributed by atoms with van der Waals surface area (Å²) in [4.78, 5) is 0. The molecule has 2 N–H and O–H groups in total. The monoisotopic (exact) mass is 222 g/mol. The molecule has 1 aromatic heterocycles. The van der Waals surface area contributed by atoms with Crippen molar-refractivity contribution in [2.75, 3.05) is 5.73 Å². The second kappa shape index (κ2) is 4.11. The van der Waals surface area contributed by atoms with Crippen molar-refractivity contribution in [1.29, 1.82) is 0 Å². The predicted octanol–water partition coefficient (Wildman–Crippen LogP) is 3.29. The molecule has 1 aromatic rings. The van der Waals surface area contributed by atoms with Crippen molar-refractivity contribution in [1.82, 2.24) is 5.16 Å². The largest absolute Gasteiger partial charge is 0.381 e. The maximum atomic E-state index is 5.91. The molecule has 1 aliphatic carbocycles. The van der Waals surface area contributed by atoms with Gasteiger partial charge in [0.25, 0.3) is 0 Å². The van der Waals surface area contributed by atoms with Gasteiger partial charge in [-0.25, -0.2) is 0 Å². The molecule has 1 aliphatic rings. The summed E-state index contributed by atoms with van der Waals surface area (Å²) < 4.78 is 5.51. The van der Waals surface area contributed by atoms with Gasteiger partial charge in [-0.1, -0.05) is 38.8 Å². The lowest BCUT2D eigenvalue weighted by Crippen LogP contribution is -2.18. The first-order valence-electron chi connectivity index (χ1n) is 6.27. The van der Waals surface area contributed by atoms with E-state index in [1.807, 2.05) is 0 Å². The Kier molecular flexibility index (Phi) is 2.96. The summed E-state index contributed by atoms with van der Waals surface area (Å²) in [5.41, 5.74) is 7.24. The van der Waals surface area contributed by atoms with Gasteiger partial charge in [-0.15, -0.1) is 0 Å². The number of aromatic nitrogens is 1. The van der Waals surface area contributed by atoms with Gasteiger partial charge < -0.3 is 10.3 Å². The van der Waals surface area contributed by atoms with Crippen LogP contribution in [0.4, 0.5) is 5.82 Å². The number of nitrogen functional groups attached to an aromatic ring is 1. The van der Waals surface area contributed by atoms with E-state index in [1.54, 1.807) is 0 Å². The summed E-state index contributed by atoms with van der Waals surface area (Å²) >= 11 is 0. The van der Waals surface area contributed by atoms with E-state index in [1.165, 1.54) is 25.7 Å². The Morgan fingerprint density at radius 1 is 1.38 bits per heavy atom. The summed E-state index contributed by atoms with van der Waals surface area (Å²) in [5, 5.41) is 3.96. The van der Waals surface area contributed by atoms with Gasteiger partial charge in [0, 0.05) is 11.0 Å². The average molecular weight is 222 g/mol. The van der Waals surface area contributed by atoms with Crippen molar-refractivity contribution >= 4 is 5.82 Å². The molecule has 0 saturated heterocycles. The molecule has 3 nitrogen and oxygen atoms in total.